The van der Waals surface area contributed by atoms with Crippen molar-refractivity contribution in [2.24, 2.45) is 10.9 Å². The van der Waals surface area contributed by atoms with Crippen LogP contribution in [-0.2, 0) is 9.53 Å². The third-order valence-electron chi connectivity index (χ3n) is 2.90. The molecule has 2 unspecified atom stereocenters. The Kier molecular flexibility index (Phi) is 5.36. The van der Waals surface area contributed by atoms with Crippen molar-refractivity contribution in [1.29, 1.82) is 0 Å². The van der Waals surface area contributed by atoms with Crippen molar-refractivity contribution in [1.82, 2.24) is 0 Å². The first-order valence-corrected chi connectivity index (χ1v) is 5.98. The highest BCUT2D eigenvalue weighted by molar-refractivity contribution is 5.84. The quantitative estimate of drug-likeness (QED) is 0.644. The summed E-state index contributed by atoms with van der Waals surface area (Å²) < 4.78 is 4.75. The van der Waals surface area contributed by atoms with E-state index in [1.165, 1.54) is 7.11 Å². The van der Waals surface area contributed by atoms with Crippen LogP contribution in [-0.4, -0.2) is 30.4 Å². The number of methoxy groups -OCH3 is 1. The minimum absolute atomic E-state index is 0.130. The highest BCUT2D eigenvalue weighted by Gasteiger charge is 2.23. The van der Waals surface area contributed by atoms with Gasteiger partial charge in [-0.2, -0.15) is 0 Å². The maximum Gasteiger partial charge on any atom is 0.330 e. The van der Waals surface area contributed by atoms with Crippen LogP contribution in [0.4, 0.5) is 0 Å². The average molecular weight is 249 g/mol. The molecule has 0 aliphatic rings. The highest BCUT2D eigenvalue weighted by Crippen LogP contribution is 2.14. The number of carbonyl (C=O) groups is 1. The summed E-state index contributed by atoms with van der Waals surface area (Å²) >= 11 is 0. The molecule has 0 aromatic heterocycles. The minimum atomic E-state index is -0.478. The number of aromatic hydroxyl groups is 1. The number of ether oxygens (including phenoxy) is 1. The van der Waals surface area contributed by atoms with Gasteiger partial charge in [-0.25, -0.2) is 4.79 Å². The molecule has 0 saturated heterocycles. The van der Waals surface area contributed by atoms with E-state index < -0.39 is 6.04 Å². The van der Waals surface area contributed by atoms with E-state index in [-0.39, 0.29) is 17.6 Å². The van der Waals surface area contributed by atoms with Crippen molar-refractivity contribution in [3.63, 3.8) is 0 Å². The van der Waals surface area contributed by atoms with Crippen LogP contribution in [0.2, 0.25) is 0 Å². The molecule has 0 bridgehead atoms. The standard InChI is InChI=1S/C14H19NO3/c1-4-10(2)13(14(17)18-3)15-9-11-5-7-12(16)8-6-11/h5-10,13,16H,4H2,1-3H3. The van der Waals surface area contributed by atoms with E-state index in [0.717, 1.165) is 12.0 Å². The van der Waals surface area contributed by atoms with E-state index in [1.54, 1.807) is 30.5 Å². The van der Waals surface area contributed by atoms with Gasteiger partial charge in [-0.05, 0) is 35.7 Å². The lowest BCUT2D eigenvalue weighted by molar-refractivity contribution is -0.143. The summed E-state index contributed by atoms with van der Waals surface area (Å²) in [7, 11) is 1.37. The van der Waals surface area contributed by atoms with Gasteiger partial charge in [0.15, 0.2) is 0 Å². The van der Waals surface area contributed by atoms with Crippen molar-refractivity contribution >= 4 is 12.2 Å². The monoisotopic (exact) mass is 249 g/mol. The van der Waals surface area contributed by atoms with E-state index in [1.807, 2.05) is 13.8 Å². The number of phenolic OH excluding ortho intramolecular Hbond substituents is 1. The lowest BCUT2D eigenvalue weighted by Gasteiger charge is -2.16. The third-order valence-corrected chi connectivity index (χ3v) is 2.90. The third kappa shape index (κ3) is 3.87. The molecule has 1 N–H and O–H groups in total. The Hall–Kier alpha value is -1.84. The van der Waals surface area contributed by atoms with Crippen molar-refractivity contribution in [2.45, 2.75) is 26.3 Å². The Morgan fingerprint density at radius 1 is 1.44 bits per heavy atom. The molecule has 0 fully saturated rings. The van der Waals surface area contributed by atoms with Crippen LogP contribution in [0, 0.1) is 5.92 Å². The lowest BCUT2D eigenvalue weighted by Crippen LogP contribution is -2.27. The fourth-order valence-electron chi connectivity index (χ4n) is 1.51. The average Bonchev–Trinajstić information content (AvgIpc) is 2.40. The zero-order valence-electron chi connectivity index (χ0n) is 11.0. The fourth-order valence-corrected chi connectivity index (χ4v) is 1.51. The number of carbonyl (C=O) groups excluding carboxylic acids is 1. The Bertz CT molecular complexity index is 412. The number of nitrogens with zero attached hydrogens (tertiary/aromatic N) is 1. The van der Waals surface area contributed by atoms with Gasteiger partial charge in [-0.1, -0.05) is 20.3 Å². The molecule has 4 heteroatoms. The van der Waals surface area contributed by atoms with Gasteiger partial charge in [-0.3, -0.25) is 4.99 Å². The number of rotatable bonds is 5. The molecule has 0 spiro atoms. The fraction of sp³-hybridized carbons (Fsp3) is 0.429. The topological polar surface area (TPSA) is 58.9 Å². The molecule has 0 amide bonds. The summed E-state index contributed by atoms with van der Waals surface area (Å²) in [6.07, 6.45) is 2.49. The largest absolute Gasteiger partial charge is 0.508 e. The zero-order chi connectivity index (χ0) is 13.5. The van der Waals surface area contributed by atoms with Crippen LogP contribution in [0.5, 0.6) is 5.75 Å². The molecule has 0 saturated carbocycles. The Morgan fingerprint density at radius 2 is 2.06 bits per heavy atom. The molecular formula is C14H19NO3. The second kappa shape index (κ2) is 6.79. The summed E-state index contributed by atoms with van der Waals surface area (Å²) in [5.41, 5.74) is 0.838. The zero-order valence-corrected chi connectivity index (χ0v) is 11.0. The van der Waals surface area contributed by atoms with Gasteiger partial charge in [0.25, 0.3) is 0 Å². The number of hydrogen-bond donors (Lipinski definition) is 1. The van der Waals surface area contributed by atoms with E-state index >= 15 is 0 Å². The molecule has 0 heterocycles. The summed E-state index contributed by atoms with van der Waals surface area (Å²) in [4.78, 5) is 15.9. The number of hydrogen-bond acceptors (Lipinski definition) is 4. The van der Waals surface area contributed by atoms with Crippen LogP contribution in [0.1, 0.15) is 25.8 Å². The summed E-state index contributed by atoms with van der Waals surface area (Å²) in [6, 6.07) is 6.16. The predicted octanol–water partition coefficient (Wildman–Crippen LogP) is 2.40. The molecule has 0 aliphatic carbocycles. The highest BCUT2D eigenvalue weighted by atomic mass is 16.5. The Labute approximate surface area is 107 Å². The lowest BCUT2D eigenvalue weighted by atomic mass is 10.00. The van der Waals surface area contributed by atoms with Crippen LogP contribution in [0.3, 0.4) is 0 Å². The smallest absolute Gasteiger partial charge is 0.330 e. The Morgan fingerprint density at radius 3 is 2.56 bits per heavy atom. The molecule has 4 nitrogen and oxygen atoms in total. The van der Waals surface area contributed by atoms with Crippen LogP contribution in [0.15, 0.2) is 29.3 Å². The summed E-state index contributed by atoms with van der Waals surface area (Å²) in [5, 5.41) is 9.17. The molecular weight excluding hydrogens is 230 g/mol. The molecule has 98 valence electrons. The predicted molar refractivity (Wildman–Crippen MR) is 71.0 cm³/mol. The second-order valence-corrected chi connectivity index (χ2v) is 4.22. The minimum Gasteiger partial charge on any atom is -0.508 e. The SMILES string of the molecule is CCC(C)C(N=Cc1ccc(O)cc1)C(=O)OC. The first-order chi connectivity index (χ1) is 8.58. The van der Waals surface area contributed by atoms with E-state index in [9.17, 15) is 4.79 Å². The molecule has 1 rings (SSSR count). The van der Waals surface area contributed by atoms with Gasteiger partial charge in [0.2, 0.25) is 0 Å². The van der Waals surface area contributed by atoms with Crippen molar-refractivity contribution in [2.75, 3.05) is 7.11 Å². The molecule has 1 aromatic rings. The number of aliphatic imine (C=N–C) groups is 1. The first kappa shape index (κ1) is 14.2. The van der Waals surface area contributed by atoms with E-state index in [0.29, 0.717) is 0 Å². The van der Waals surface area contributed by atoms with Crippen LogP contribution in [0.25, 0.3) is 0 Å². The van der Waals surface area contributed by atoms with Gasteiger partial charge in [0, 0.05) is 6.21 Å². The summed E-state index contributed by atoms with van der Waals surface area (Å²) in [5.74, 6) is 0.0174. The summed E-state index contributed by atoms with van der Waals surface area (Å²) in [6.45, 7) is 3.98. The van der Waals surface area contributed by atoms with Gasteiger partial charge in [-0.15, -0.1) is 0 Å². The van der Waals surface area contributed by atoms with Gasteiger partial charge >= 0.3 is 5.97 Å². The van der Waals surface area contributed by atoms with Crippen LogP contribution < -0.4 is 0 Å². The van der Waals surface area contributed by atoms with Gasteiger partial charge in [0.1, 0.15) is 11.8 Å². The maximum atomic E-state index is 11.6. The van der Waals surface area contributed by atoms with Gasteiger partial charge < -0.3 is 9.84 Å². The first-order valence-electron chi connectivity index (χ1n) is 5.98. The van der Waals surface area contributed by atoms with Crippen molar-refractivity contribution in [3.8, 4) is 5.75 Å². The molecule has 0 radical (unpaired) electrons. The molecule has 18 heavy (non-hydrogen) atoms. The van der Waals surface area contributed by atoms with Gasteiger partial charge in [0.05, 0.1) is 7.11 Å². The van der Waals surface area contributed by atoms with Crippen molar-refractivity contribution < 1.29 is 14.6 Å². The number of phenols is 1. The molecule has 1 aromatic carbocycles. The van der Waals surface area contributed by atoms with E-state index in [4.69, 9.17) is 9.84 Å². The number of esters is 1. The Balaban J connectivity index is 2.82. The second-order valence-electron chi connectivity index (χ2n) is 4.22. The molecule has 2 atom stereocenters. The van der Waals surface area contributed by atoms with Crippen LogP contribution >= 0.6 is 0 Å². The normalized spacial score (nSPS) is 14.4. The van der Waals surface area contributed by atoms with E-state index in [2.05, 4.69) is 4.99 Å². The maximum absolute atomic E-state index is 11.6. The number of benzene rings is 1. The van der Waals surface area contributed by atoms with Crippen molar-refractivity contribution in [3.05, 3.63) is 29.8 Å². The molecule has 0 aliphatic heterocycles.